The van der Waals surface area contributed by atoms with Gasteiger partial charge in [-0.05, 0) is 47.5 Å². The van der Waals surface area contributed by atoms with Crippen LogP contribution in [0.5, 0.6) is 11.5 Å². The van der Waals surface area contributed by atoms with Gasteiger partial charge in [0.15, 0.2) is 0 Å². The summed E-state index contributed by atoms with van der Waals surface area (Å²) in [5.41, 5.74) is 2.71. The highest BCUT2D eigenvalue weighted by Gasteiger charge is 2.27. The van der Waals surface area contributed by atoms with E-state index in [2.05, 4.69) is 0 Å². The van der Waals surface area contributed by atoms with Crippen LogP contribution in [0.25, 0.3) is 33.1 Å². The van der Waals surface area contributed by atoms with Crippen LogP contribution in [0.2, 0.25) is 0 Å². The Balaban J connectivity index is 1.75. The van der Waals surface area contributed by atoms with Crippen molar-refractivity contribution >= 4 is 28.0 Å². The number of carbonyl (C=O) groups excluding carboxylic acids is 1. The molecule has 3 aromatic carbocycles. The Hall–Kier alpha value is -4.79. The van der Waals surface area contributed by atoms with Gasteiger partial charge >= 0.3 is 11.7 Å². The van der Waals surface area contributed by atoms with Gasteiger partial charge in [0.25, 0.3) is 0 Å². The summed E-state index contributed by atoms with van der Waals surface area (Å²) in [5, 5.41) is 20.8. The van der Waals surface area contributed by atoms with E-state index in [1.807, 2.05) is 0 Å². The number of phenols is 2. The fourth-order valence-electron chi connectivity index (χ4n) is 4.77. The average Bonchev–Trinajstić information content (AvgIpc) is 3.11. The number of hydrogen-bond acceptors (Lipinski definition) is 7. The third-order valence-corrected chi connectivity index (χ3v) is 6.78. The zero-order chi connectivity index (χ0) is 26.4. The van der Waals surface area contributed by atoms with E-state index in [0.29, 0.717) is 22.2 Å². The molecule has 0 aliphatic rings. The molecule has 0 fully saturated rings. The molecule has 37 heavy (non-hydrogen) atoms. The second-order valence-corrected chi connectivity index (χ2v) is 8.88. The van der Waals surface area contributed by atoms with Gasteiger partial charge in [-0.2, -0.15) is 0 Å². The zero-order valence-electron chi connectivity index (χ0n) is 20.4. The Morgan fingerprint density at radius 3 is 2.38 bits per heavy atom. The fraction of sp³-hybridized carbons (Fsp3) is 0.179. The van der Waals surface area contributed by atoms with Crippen molar-refractivity contribution in [2.45, 2.75) is 12.3 Å². The van der Waals surface area contributed by atoms with E-state index in [-0.39, 0.29) is 51.1 Å². The second-order valence-electron chi connectivity index (χ2n) is 8.88. The van der Waals surface area contributed by atoms with Crippen LogP contribution >= 0.6 is 0 Å². The number of fused-ring (bicyclic) bond motifs is 2. The number of methoxy groups -OCH3 is 1. The summed E-state index contributed by atoms with van der Waals surface area (Å²) in [6.07, 6.45) is 1.16. The van der Waals surface area contributed by atoms with E-state index in [1.54, 1.807) is 44.4 Å². The fourth-order valence-corrected chi connectivity index (χ4v) is 4.77. The predicted molar refractivity (Wildman–Crippen MR) is 138 cm³/mol. The van der Waals surface area contributed by atoms with Crippen molar-refractivity contribution in [1.29, 1.82) is 0 Å². The van der Waals surface area contributed by atoms with Crippen LogP contribution in [-0.4, -0.2) is 32.4 Å². The van der Waals surface area contributed by atoms with Gasteiger partial charge in [-0.25, -0.2) is 4.79 Å². The van der Waals surface area contributed by atoms with Crippen LogP contribution in [-0.2, 0) is 23.6 Å². The molecule has 2 N–H and O–H groups in total. The lowest BCUT2D eigenvalue weighted by atomic mass is 9.86. The van der Waals surface area contributed by atoms with Gasteiger partial charge in [-0.15, -0.1) is 0 Å². The molecule has 0 bridgehead atoms. The summed E-state index contributed by atoms with van der Waals surface area (Å²) in [7, 11) is 4.60. The van der Waals surface area contributed by atoms with E-state index < -0.39 is 11.9 Å². The summed E-state index contributed by atoms with van der Waals surface area (Å²) in [5.74, 6) is -1.34. The Bertz CT molecular complexity index is 1790. The summed E-state index contributed by atoms with van der Waals surface area (Å²) in [6.45, 7) is 0. The Morgan fingerprint density at radius 1 is 0.973 bits per heavy atom. The smallest absolute Gasteiger partial charge is 0.328 e. The first-order chi connectivity index (χ1) is 17.7. The summed E-state index contributed by atoms with van der Waals surface area (Å²) in [6, 6.07) is 14.4. The second kappa shape index (κ2) is 9.02. The zero-order valence-corrected chi connectivity index (χ0v) is 20.4. The molecule has 0 saturated carbocycles. The quantitative estimate of drug-likeness (QED) is 0.352. The monoisotopic (exact) mass is 500 g/mol. The van der Waals surface area contributed by atoms with Crippen molar-refractivity contribution in [3.63, 3.8) is 0 Å². The number of aromatic hydroxyl groups is 2. The van der Waals surface area contributed by atoms with Gasteiger partial charge < -0.3 is 19.4 Å². The summed E-state index contributed by atoms with van der Waals surface area (Å²) in [4.78, 5) is 38.3. The average molecular weight is 501 g/mol. The highest BCUT2D eigenvalue weighted by atomic mass is 16.5. The highest BCUT2D eigenvalue weighted by molar-refractivity contribution is 5.88. The van der Waals surface area contributed by atoms with Gasteiger partial charge in [-0.3, -0.25) is 18.7 Å². The third kappa shape index (κ3) is 3.94. The van der Waals surface area contributed by atoms with E-state index in [4.69, 9.17) is 9.15 Å². The molecule has 5 rings (SSSR count). The molecule has 9 nitrogen and oxygen atoms in total. The molecule has 1 atom stereocenters. The van der Waals surface area contributed by atoms with Crippen LogP contribution in [0.4, 0.5) is 0 Å². The molecule has 0 spiro atoms. The Labute approximate surface area is 210 Å². The molecule has 0 amide bonds. The first kappa shape index (κ1) is 23.9. The van der Waals surface area contributed by atoms with Gasteiger partial charge in [0.2, 0.25) is 5.43 Å². The van der Waals surface area contributed by atoms with Crippen molar-refractivity contribution in [3.05, 3.63) is 92.7 Å². The number of phenolic OH excluding ortho intramolecular Hbond substituents is 2. The molecular weight excluding hydrogens is 476 g/mol. The van der Waals surface area contributed by atoms with Crippen molar-refractivity contribution in [3.8, 4) is 22.6 Å². The Kier molecular flexibility index (Phi) is 5.83. The number of benzene rings is 3. The van der Waals surface area contributed by atoms with Crippen LogP contribution in [0.1, 0.15) is 23.5 Å². The van der Waals surface area contributed by atoms with E-state index in [0.717, 1.165) is 0 Å². The summed E-state index contributed by atoms with van der Waals surface area (Å²) >= 11 is 0. The maximum atomic E-state index is 13.4. The molecule has 0 aliphatic heterocycles. The molecule has 2 aromatic heterocycles. The van der Waals surface area contributed by atoms with Crippen LogP contribution in [0.15, 0.2) is 74.9 Å². The minimum Gasteiger partial charge on any atom is -0.508 e. The van der Waals surface area contributed by atoms with Gasteiger partial charge in [0.05, 0.1) is 35.5 Å². The molecule has 1 unspecified atom stereocenters. The number of rotatable bonds is 5. The minimum atomic E-state index is -0.737. The lowest BCUT2D eigenvalue weighted by Crippen LogP contribution is -2.19. The minimum absolute atomic E-state index is 0.0691. The van der Waals surface area contributed by atoms with E-state index in [1.165, 1.54) is 46.8 Å². The van der Waals surface area contributed by atoms with E-state index >= 15 is 0 Å². The van der Waals surface area contributed by atoms with Gasteiger partial charge in [0, 0.05) is 25.6 Å². The normalized spacial score (nSPS) is 12.2. The number of nitrogens with zero attached hydrogens (tertiary/aromatic N) is 2. The van der Waals surface area contributed by atoms with Gasteiger partial charge in [0.1, 0.15) is 23.3 Å². The maximum Gasteiger partial charge on any atom is 0.328 e. The molecule has 2 heterocycles. The maximum absolute atomic E-state index is 13.4. The molecular formula is C28H24N2O7. The first-order valence-electron chi connectivity index (χ1n) is 11.5. The van der Waals surface area contributed by atoms with Crippen LogP contribution in [0.3, 0.4) is 0 Å². The number of imidazole rings is 1. The van der Waals surface area contributed by atoms with Crippen molar-refractivity contribution in [1.82, 2.24) is 9.13 Å². The summed E-state index contributed by atoms with van der Waals surface area (Å²) < 4.78 is 13.9. The number of hydrogen-bond donors (Lipinski definition) is 2. The number of esters is 1. The number of aryl methyl sites for hydroxylation is 2. The van der Waals surface area contributed by atoms with Crippen molar-refractivity contribution in [2.24, 2.45) is 14.1 Å². The third-order valence-electron chi connectivity index (χ3n) is 6.78. The molecule has 188 valence electrons. The van der Waals surface area contributed by atoms with Crippen molar-refractivity contribution < 1.29 is 24.2 Å². The number of aromatic nitrogens is 2. The molecule has 0 radical (unpaired) electrons. The number of carbonyl (C=O) groups is 1. The largest absolute Gasteiger partial charge is 0.508 e. The molecule has 0 aliphatic carbocycles. The lowest BCUT2D eigenvalue weighted by molar-refractivity contribution is -0.140. The number of ether oxygens (including phenoxy) is 1. The predicted octanol–water partition coefficient (Wildman–Crippen LogP) is 3.76. The van der Waals surface area contributed by atoms with Crippen molar-refractivity contribution in [2.75, 3.05) is 7.11 Å². The molecule has 5 aromatic rings. The molecule has 9 heteroatoms. The Morgan fingerprint density at radius 2 is 1.68 bits per heavy atom. The topological polar surface area (TPSA) is 124 Å². The SMILES string of the molecule is COC(=O)CC(c1ccc2c(c1)n(C)c(=O)n2C)c1c(O)ccc2c(=O)c(-c3ccc(O)cc3)coc12. The van der Waals surface area contributed by atoms with E-state index in [9.17, 15) is 24.6 Å². The van der Waals surface area contributed by atoms with Crippen LogP contribution in [0, 0.1) is 0 Å². The van der Waals surface area contributed by atoms with Crippen LogP contribution < -0.4 is 11.1 Å². The highest BCUT2D eigenvalue weighted by Crippen LogP contribution is 2.40. The van der Waals surface area contributed by atoms with Gasteiger partial charge in [-0.1, -0.05) is 18.2 Å². The first-order valence-corrected chi connectivity index (χ1v) is 11.5. The molecule has 0 saturated heterocycles. The lowest BCUT2D eigenvalue weighted by Gasteiger charge is -2.20. The standard InChI is InChI=1S/C28H24N2O7/c1-29-21-10-6-16(12-22(21)30(2)28(29)35)19(13-24(33)36-3)25-23(32)11-9-18-26(34)20(14-37-27(18)25)15-4-7-17(31)8-5-15/h4-12,14,19,31-32H,13H2,1-3H3.